The van der Waals surface area contributed by atoms with Crippen molar-refractivity contribution >= 4 is 11.2 Å². The van der Waals surface area contributed by atoms with Gasteiger partial charge < -0.3 is 14.1 Å². The van der Waals surface area contributed by atoms with Gasteiger partial charge in [-0.25, -0.2) is 4.79 Å². The Bertz CT molecular complexity index is 411. The minimum absolute atomic E-state index is 0.119. The Labute approximate surface area is 97.5 Å². The first-order chi connectivity index (χ1) is 7.41. The molecule has 1 heterocycles. The van der Waals surface area contributed by atoms with Crippen molar-refractivity contribution in [2.24, 2.45) is 5.92 Å². The van der Waals surface area contributed by atoms with Crippen molar-refractivity contribution in [1.82, 2.24) is 0 Å². The van der Waals surface area contributed by atoms with Crippen LogP contribution in [-0.2, 0) is 11.2 Å². The lowest BCUT2D eigenvalue weighted by Crippen LogP contribution is -2.18. The number of hydrogen-bond acceptors (Lipinski definition) is 4. The molecule has 0 saturated heterocycles. The number of aryl methyl sites for hydroxylation is 1. The van der Waals surface area contributed by atoms with Gasteiger partial charge in [-0.2, -0.15) is 0 Å². The fourth-order valence-electron chi connectivity index (χ4n) is 1.24. The molecule has 90 valence electrons. The summed E-state index contributed by atoms with van der Waals surface area (Å²) in [6.07, 6.45) is 0.735. The van der Waals surface area contributed by atoms with Gasteiger partial charge in [0.05, 0.1) is 0 Å². The minimum Gasteiger partial charge on any atom is -0.611 e. The molecule has 0 amide bonds. The van der Waals surface area contributed by atoms with E-state index in [0.717, 1.165) is 6.42 Å². The Kier molecular flexibility index (Phi) is 4.44. The zero-order chi connectivity index (χ0) is 12.3. The standard InChI is InChI=1S/C11H16O4S/c1-7(2)4-5-16(14)10-9(12)6-8(3)15-11(10)13/h6-7,12H,4-5H2,1-3H3. The molecule has 0 fully saturated rings. The van der Waals surface area contributed by atoms with E-state index in [0.29, 0.717) is 17.4 Å². The smallest absolute Gasteiger partial charge is 0.395 e. The van der Waals surface area contributed by atoms with Crippen LogP contribution in [0.5, 0.6) is 5.75 Å². The highest BCUT2D eigenvalue weighted by Gasteiger charge is 2.23. The lowest BCUT2D eigenvalue weighted by Gasteiger charge is -2.11. The molecule has 1 aromatic rings. The van der Waals surface area contributed by atoms with E-state index in [4.69, 9.17) is 4.42 Å². The molecule has 5 heteroatoms. The normalized spacial score (nSPS) is 13.1. The van der Waals surface area contributed by atoms with Crippen LogP contribution in [0.25, 0.3) is 0 Å². The molecule has 1 aromatic heterocycles. The van der Waals surface area contributed by atoms with Crippen molar-refractivity contribution in [2.45, 2.75) is 32.1 Å². The Balaban J connectivity index is 2.91. The molecular weight excluding hydrogens is 228 g/mol. The second-order valence-corrected chi connectivity index (χ2v) is 5.60. The third-order valence-corrected chi connectivity index (χ3v) is 3.56. The van der Waals surface area contributed by atoms with Crippen LogP contribution in [0, 0.1) is 12.8 Å². The molecule has 0 saturated carbocycles. The summed E-state index contributed by atoms with van der Waals surface area (Å²) in [7, 11) is 0. The highest BCUT2D eigenvalue weighted by atomic mass is 32.2. The maximum Gasteiger partial charge on any atom is 0.395 e. The van der Waals surface area contributed by atoms with Crippen LogP contribution in [0.3, 0.4) is 0 Å². The Hall–Kier alpha value is -0.940. The molecule has 1 atom stereocenters. The zero-order valence-electron chi connectivity index (χ0n) is 9.65. The van der Waals surface area contributed by atoms with E-state index in [-0.39, 0.29) is 10.6 Å². The van der Waals surface area contributed by atoms with Gasteiger partial charge in [0.1, 0.15) is 11.5 Å². The van der Waals surface area contributed by atoms with Crippen LogP contribution in [0.15, 0.2) is 20.2 Å². The molecule has 1 rings (SSSR count). The fraction of sp³-hybridized carbons (Fsp3) is 0.545. The van der Waals surface area contributed by atoms with E-state index in [1.54, 1.807) is 6.92 Å². The quantitative estimate of drug-likeness (QED) is 0.820. The van der Waals surface area contributed by atoms with Gasteiger partial charge in [-0.1, -0.05) is 13.8 Å². The molecule has 0 aliphatic heterocycles. The number of hydrogen-bond donors (Lipinski definition) is 1. The average molecular weight is 244 g/mol. The fourth-order valence-corrected chi connectivity index (χ4v) is 2.65. The molecule has 16 heavy (non-hydrogen) atoms. The Morgan fingerprint density at radius 2 is 2.19 bits per heavy atom. The minimum atomic E-state index is -1.49. The first-order valence-electron chi connectivity index (χ1n) is 5.14. The summed E-state index contributed by atoms with van der Waals surface area (Å²) < 4.78 is 16.6. The summed E-state index contributed by atoms with van der Waals surface area (Å²) in [6, 6.07) is 1.31. The van der Waals surface area contributed by atoms with E-state index >= 15 is 0 Å². The summed E-state index contributed by atoms with van der Waals surface area (Å²) in [5.41, 5.74) is -0.709. The predicted molar refractivity (Wildman–Crippen MR) is 62.1 cm³/mol. The third-order valence-electron chi connectivity index (χ3n) is 2.12. The highest BCUT2D eigenvalue weighted by molar-refractivity contribution is 7.91. The van der Waals surface area contributed by atoms with Crippen molar-refractivity contribution in [3.8, 4) is 5.75 Å². The van der Waals surface area contributed by atoms with Crippen LogP contribution in [-0.4, -0.2) is 15.4 Å². The molecule has 0 aliphatic rings. The van der Waals surface area contributed by atoms with E-state index in [1.807, 2.05) is 13.8 Å². The van der Waals surface area contributed by atoms with E-state index < -0.39 is 16.8 Å². The van der Waals surface area contributed by atoms with E-state index in [9.17, 15) is 14.5 Å². The second kappa shape index (κ2) is 5.41. The molecule has 0 bridgehead atoms. The van der Waals surface area contributed by atoms with Crippen LogP contribution in [0.4, 0.5) is 0 Å². The monoisotopic (exact) mass is 244 g/mol. The molecule has 1 unspecified atom stereocenters. The summed E-state index contributed by atoms with van der Waals surface area (Å²) in [5, 5.41) is 9.55. The second-order valence-electron chi connectivity index (χ2n) is 4.09. The van der Waals surface area contributed by atoms with Crippen molar-refractivity contribution < 1.29 is 14.1 Å². The molecule has 0 aliphatic carbocycles. The molecule has 0 spiro atoms. The van der Waals surface area contributed by atoms with Crippen LogP contribution in [0.2, 0.25) is 0 Å². The molecule has 1 N–H and O–H groups in total. The molecule has 4 nitrogen and oxygen atoms in total. The van der Waals surface area contributed by atoms with Crippen molar-refractivity contribution in [3.05, 3.63) is 22.2 Å². The van der Waals surface area contributed by atoms with Crippen molar-refractivity contribution in [3.63, 3.8) is 0 Å². The predicted octanol–water partition coefficient (Wildman–Crippen LogP) is 1.81. The van der Waals surface area contributed by atoms with Crippen molar-refractivity contribution in [2.75, 3.05) is 5.75 Å². The van der Waals surface area contributed by atoms with Gasteiger partial charge in [0.15, 0.2) is 5.75 Å². The number of rotatable bonds is 4. The van der Waals surface area contributed by atoms with Gasteiger partial charge in [-0.05, 0) is 30.4 Å². The lowest BCUT2D eigenvalue weighted by molar-refractivity contribution is 0.407. The van der Waals surface area contributed by atoms with Gasteiger partial charge in [0.25, 0.3) is 4.90 Å². The molecule has 0 aromatic carbocycles. The summed E-state index contributed by atoms with van der Waals surface area (Å²) >= 11 is -1.49. The molecular formula is C11H16O4S. The van der Waals surface area contributed by atoms with E-state index in [1.165, 1.54) is 6.07 Å². The largest absolute Gasteiger partial charge is 0.611 e. The number of aromatic hydroxyl groups is 1. The van der Waals surface area contributed by atoms with Gasteiger partial charge in [0, 0.05) is 6.07 Å². The first-order valence-corrected chi connectivity index (χ1v) is 6.45. The van der Waals surface area contributed by atoms with Crippen LogP contribution in [0.1, 0.15) is 26.0 Å². The summed E-state index contributed by atoms with van der Waals surface area (Å²) in [5.74, 6) is 0.838. The van der Waals surface area contributed by atoms with Crippen molar-refractivity contribution in [1.29, 1.82) is 0 Å². The van der Waals surface area contributed by atoms with Gasteiger partial charge in [-0.3, -0.25) is 0 Å². The Morgan fingerprint density at radius 1 is 1.56 bits per heavy atom. The third kappa shape index (κ3) is 3.28. The highest BCUT2D eigenvalue weighted by Crippen LogP contribution is 2.21. The maximum absolute atomic E-state index is 11.8. The van der Waals surface area contributed by atoms with Crippen LogP contribution < -0.4 is 5.63 Å². The Morgan fingerprint density at radius 3 is 2.69 bits per heavy atom. The first kappa shape index (κ1) is 13.1. The summed E-state index contributed by atoms with van der Waals surface area (Å²) in [6.45, 7) is 5.57. The van der Waals surface area contributed by atoms with Gasteiger partial charge in [0.2, 0.25) is 0 Å². The van der Waals surface area contributed by atoms with Gasteiger partial charge in [-0.15, -0.1) is 0 Å². The zero-order valence-corrected chi connectivity index (χ0v) is 10.5. The SMILES string of the molecule is Cc1cc(O)c([S+]([O-])CCC(C)C)c(=O)o1. The van der Waals surface area contributed by atoms with Crippen LogP contribution >= 0.6 is 0 Å². The maximum atomic E-state index is 11.8. The topological polar surface area (TPSA) is 73.5 Å². The van der Waals surface area contributed by atoms with E-state index in [2.05, 4.69) is 0 Å². The lowest BCUT2D eigenvalue weighted by atomic mass is 10.2. The molecule has 0 radical (unpaired) electrons. The average Bonchev–Trinajstić information content (AvgIpc) is 2.12. The van der Waals surface area contributed by atoms with Gasteiger partial charge >= 0.3 is 5.63 Å². The summed E-state index contributed by atoms with van der Waals surface area (Å²) in [4.78, 5) is 11.3.